The maximum absolute atomic E-state index is 14.5. The predicted octanol–water partition coefficient (Wildman–Crippen LogP) is 0.0179. The average molecular weight is 957 g/mol. The Balaban J connectivity index is 1.44. The van der Waals surface area contributed by atoms with Crippen molar-refractivity contribution >= 4 is 41.8 Å². The number of rotatable bonds is 9. The lowest BCUT2D eigenvalue weighted by Crippen LogP contribution is -2.63. The van der Waals surface area contributed by atoms with Gasteiger partial charge in [-0.3, -0.25) is 9.59 Å². The summed E-state index contributed by atoms with van der Waals surface area (Å²) in [7, 11) is 0. The van der Waals surface area contributed by atoms with Crippen LogP contribution in [0.3, 0.4) is 0 Å². The van der Waals surface area contributed by atoms with Crippen molar-refractivity contribution in [2.45, 2.75) is 49.1 Å². The fourth-order valence-electron chi connectivity index (χ4n) is 7.37. The van der Waals surface area contributed by atoms with Crippen LogP contribution in [0.1, 0.15) is 59.3 Å². The van der Waals surface area contributed by atoms with Crippen LogP contribution in [0, 0.1) is 5.92 Å². The number of benzene rings is 4. The molecule has 13 N–H and O–H groups in total. The third-order valence-electron chi connectivity index (χ3n) is 10.6. The van der Waals surface area contributed by atoms with Crippen molar-refractivity contribution in [2.75, 3.05) is 6.61 Å². The highest BCUT2D eigenvalue weighted by Crippen LogP contribution is 2.51. The highest BCUT2D eigenvalue weighted by molar-refractivity contribution is 5.98. The van der Waals surface area contributed by atoms with Gasteiger partial charge < -0.3 is 99.5 Å². The van der Waals surface area contributed by atoms with E-state index >= 15 is 0 Å². The maximum Gasteiger partial charge on any atom is 0.341 e. The number of hydrogen-bond donors (Lipinski definition) is 13. The normalized spacial score (nSPS) is 23.0. The van der Waals surface area contributed by atoms with Crippen LogP contribution < -0.4 is 4.74 Å². The minimum Gasteiger partial charge on any atom is -0.504 e. The summed E-state index contributed by atoms with van der Waals surface area (Å²) in [4.78, 5) is 95.4. The van der Waals surface area contributed by atoms with E-state index in [1.807, 2.05) is 0 Å². The Morgan fingerprint density at radius 3 is 1.54 bits per heavy atom. The van der Waals surface area contributed by atoms with Gasteiger partial charge in [0.15, 0.2) is 81.6 Å². The first-order valence-corrected chi connectivity index (χ1v) is 19.1. The van der Waals surface area contributed by atoms with E-state index in [0.29, 0.717) is 42.5 Å². The van der Waals surface area contributed by atoms with E-state index in [0.717, 1.165) is 0 Å². The molecule has 0 amide bonds. The maximum atomic E-state index is 14.5. The van der Waals surface area contributed by atoms with Gasteiger partial charge in [0.1, 0.15) is 12.7 Å². The molecule has 3 aliphatic heterocycles. The summed E-state index contributed by atoms with van der Waals surface area (Å²) in [5.41, 5.74) is -4.15. The number of carboxylic acid groups (broad SMARTS) is 1. The average Bonchev–Trinajstić information content (AvgIpc) is 3.28. The molecule has 68 heavy (non-hydrogen) atoms. The Morgan fingerprint density at radius 2 is 1.04 bits per heavy atom. The lowest BCUT2D eigenvalue weighted by atomic mass is 9.76. The third kappa shape index (κ3) is 8.58. The topological polar surface area (TPSA) is 447 Å². The molecule has 358 valence electrons. The van der Waals surface area contributed by atoms with Crippen LogP contribution in [-0.2, 0) is 42.8 Å². The molecule has 1 fully saturated rings. The molecule has 3 aliphatic rings. The second-order valence-corrected chi connectivity index (χ2v) is 14.9. The van der Waals surface area contributed by atoms with Gasteiger partial charge in [0.25, 0.3) is 0 Å². The Kier molecular flexibility index (Phi) is 12.2. The first-order chi connectivity index (χ1) is 32.0. The number of carbonyl (C=O) groups excluding carboxylic acids is 6. The van der Waals surface area contributed by atoms with Crippen molar-refractivity contribution in [3.8, 4) is 69.0 Å². The molecule has 0 radical (unpaired) electrons. The number of phenolic OH excluding ortho intramolecular Hbond substituents is 11. The molecule has 1 saturated heterocycles. The molecule has 7 rings (SSSR count). The van der Waals surface area contributed by atoms with Crippen LogP contribution in [-0.4, -0.2) is 152 Å². The van der Waals surface area contributed by atoms with Gasteiger partial charge in [-0.1, -0.05) is 0 Å². The van der Waals surface area contributed by atoms with Gasteiger partial charge >= 0.3 is 41.8 Å². The molecule has 2 unspecified atom stereocenters. The van der Waals surface area contributed by atoms with Crippen molar-refractivity contribution in [1.82, 2.24) is 0 Å². The first-order valence-electron chi connectivity index (χ1n) is 19.1. The fourth-order valence-corrected chi connectivity index (χ4v) is 7.37. The summed E-state index contributed by atoms with van der Waals surface area (Å²) < 4.78 is 38.6. The predicted molar refractivity (Wildman–Crippen MR) is 207 cm³/mol. The van der Waals surface area contributed by atoms with Crippen molar-refractivity contribution in [1.29, 1.82) is 0 Å². The van der Waals surface area contributed by atoms with Crippen molar-refractivity contribution in [3.05, 3.63) is 70.3 Å². The van der Waals surface area contributed by atoms with Crippen LogP contribution >= 0.6 is 0 Å². The molecule has 8 atom stereocenters. The van der Waals surface area contributed by atoms with Crippen molar-refractivity contribution < 1.29 is 133 Å². The Bertz CT molecular complexity index is 2750. The molecule has 4 aromatic rings. The standard InChI is InChI=1S/C41H32O27/c42-15-1-10(2-16(43)26(15)51)35(56)62-9-22-31-33(66-36(57)11-3-17(44)27(52)18(45)4-11)34(41(63-22)68-37(58)12-5-19(46)28(53)20(47)6-12)67-38(59)13-7-21(48)29(54)32-25(13)24(30(55)40(61)65-32)14(8-23(49)50)39(60)64-31/h1-7,14,22,24,30-31,33-34,41-48,51-55H,8-9H2,(H,49,50)/t14?,22-,24?,30+,31-,33+,34-,41+/m1/s1. The zero-order valence-corrected chi connectivity index (χ0v) is 33.6. The van der Waals surface area contributed by atoms with E-state index < -0.39 is 200 Å². The van der Waals surface area contributed by atoms with Crippen LogP contribution in [0.15, 0.2) is 42.5 Å². The third-order valence-corrected chi connectivity index (χ3v) is 10.6. The number of phenols is 11. The number of fused-ring (bicyclic) bond motifs is 2. The number of aliphatic carboxylic acids is 1. The minimum atomic E-state index is -2.57. The van der Waals surface area contributed by atoms with Crippen LogP contribution in [0.2, 0.25) is 0 Å². The molecule has 2 bridgehead atoms. The minimum absolute atomic E-state index is 0.449. The van der Waals surface area contributed by atoms with Crippen LogP contribution in [0.25, 0.3) is 0 Å². The number of ether oxygens (including phenoxy) is 7. The second kappa shape index (κ2) is 17.7. The van der Waals surface area contributed by atoms with Gasteiger partial charge in [-0.2, -0.15) is 0 Å². The summed E-state index contributed by atoms with van der Waals surface area (Å²) in [6.07, 6.45) is -16.3. The van der Waals surface area contributed by atoms with E-state index in [1.54, 1.807) is 0 Å². The van der Waals surface area contributed by atoms with Crippen LogP contribution in [0.4, 0.5) is 0 Å². The Labute approximate surface area is 375 Å². The first kappa shape index (κ1) is 46.9. The van der Waals surface area contributed by atoms with Crippen molar-refractivity contribution in [2.24, 2.45) is 5.92 Å². The number of carboxylic acids is 1. The highest BCUT2D eigenvalue weighted by atomic mass is 16.7. The second-order valence-electron chi connectivity index (χ2n) is 14.9. The molecule has 27 nitrogen and oxygen atoms in total. The summed E-state index contributed by atoms with van der Waals surface area (Å²) >= 11 is 0. The monoisotopic (exact) mass is 956 g/mol. The fraction of sp³-hybridized carbons (Fsp3) is 0.244. The van der Waals surface area contributed by atoms with E-state index in [1.165, 1.54) is 0 Å². The Hall–Kier alpha value is -9.11. The molecule has 0 saturated carbocycles. The van der Waals surface area contributed by atoms with E-state index in [2.05, 4.69) is 0 Å². The lowest BCUT2D eigenvalue weighted by Gasteiger charge is -2.44. The summed E-state index contributed by atoms with van der Waals surface area (Å²) in [5.74, 6) is -29.8. The molecule has 4 aromatic carbocycles. The molecular weight excluding hydrogens is 924 g/mol. The van der Waals surface area contributed by atoms with Gasteiger partial charge in [-0.15, -0.1) is 0 Å². The SMILES string of the molecule is O=C(O)CC1C(=O)O[C@H]2[C@H](OC(=O)c3cc(O)c(O)c(O)c3)[C@@H](OC(=O)c3cc(O)c(O)c4c3C1[C@H](O)C(=O)O4)[C@H](OC(=O)c1cc(O)c(O)c(O)c1)O[C@@H]2COC(=O)c1cc(O)c(O)c(O)c1. The van der Waals surface area contributed by atoms with E-state index in [4.69, 9.17) is 33.2 Å². The largest absolute Gasteiger partial charge is 0.504 e. The van der Waals surface area contributed by atoms with E-state index in [-0.39, 0.29) is 0 Å². The number of aliphatic hydroxyl groups is 1. The zero-order valence-electron chi connectivity index (χ0n) is 33.6. The van der Waals surface area contributed by atoms with Gasteiger partial charge in [0.05, 0.1) is 34.6 Å². The van der Waals surface area contributed by atoms with Gasteiger partial charge in [-0.25, -0.2) is 24.0 Å². The molecular formula is C41H32O27. The van der Waals surface area contributed by atoms with Crippen LogP contribution in [0.5, 0.6) is 69.0 Å². The quantitative estimate of drug-likeness (QED) is 0.0455. The van der Waals surface area contributed by atoms with E-state index in [9.17, 15) is 99.9 Å². The summed E-state index contributed by atoms with van der Waals surface area (Å²) in [6, 6.07) is 3.84. The van der Waals surface area contributed by atoms with Gasteiger partial charge in [0.2, 0.25) is 18.1 Å². The smallest absolute Gasteiger partial charge is 0.341 e. The number of aliphatic hydroxyl groups excluding tert-OH is 1. The Morgan fingerprint density at radius 1 is 0.574 bits per heavy atom. The zero-order chi connectivity index (χ0) is 49.8. The number of hydrogen-bond acceptors (Lipinski definition) is 26. The van der Waals surface area contributed by atoms with Gasteiger partial charge in [0, 0.05) is 11.5 Å². The number of esters is 6. The number of aromatic hydroxyl groups is 11. The molecule has 0 spiro atoms. The lowest BCUT2D eigenvalue weighted by molar-refractivity contribution is -0.287. The van der Waals surface area contributed by atoms with Gasteiger partial charge in [-0.05, 0) is 42.5 Å². The molecule has 0 aliphatic carbocycles. The summed E-state index contributed by atoms with van der Waals surface area (Å²) in [6.45, 7) is -1.28. The number of carbonyl (C=O) groups is 7. The highest BCUT2D eigenvalue weighted by Gasteiger charge is 2.57. The molecule has 27 heteroatoms. The van der Waals surface area contributed by atoms with Crippen molar-refractivity contribution in [3.63, 3.8) is 0 Å². The molecule has 3 heterocycles. The molecule has 0 aromatic heterocycles. The summed E-state index contributed by atoms with van der Waals surface area (Å²) in [5, 5.41) is 133.